The number of alkyl halides is 1. The number of amides is 1. The molecule has 0 aliphatic carbocycles. The number of carbonyl (C=O) groups is 1. The van der Waals surface area contributed by atoms with Crippen LogP contribution in [0.4, 0.5) is 10.1 Å². The summed E-state index contributed by atoms with van der Waals surface area (Å²) in [5, 5.41) is 0. The number of anilines is 1. The Bertz CT molecular complexity index is 400. The van der Waals surface area contributed by atoms with Gasteiger partial charge in [-0.15, -0.1) is 0 Å². The summed E-state index contributed by atoms with van der Waals surface area (Å²) >= 11 is 0. The third-order valence-electron chi connectivity index (χ3n) is 2.97. The predicted molar refractivity (Wildman–Crippen MR) is 60.9 cm³/mol. The number of rotatable bonds is 2. The molecule has 2 heterocycles. The predicted octanol–water partition coefficient (Wildman–Crippen LogP) is -0.389. The average Bonchev–Trinajstić information content (AvgIpc) is 2.33. The Kier molecular flexibility index (Phi) is 3.23. The number of nitrogens with two attached hydrogens (primary N) is 2. The lowest BCUT2D eigenvalue weighted by Gasteiger charge is -2.40. The fraction of sp³-hybridized carbons (Fsp3) is 0.455. The minimum atomic E-state index is -1.20. The Morgan fingerprint density at radius 3 is 3.00 bits per heavy atom. The van der Waals surface area contributed by atoms with E-state index >= 15 is 0 Å². The van der Waals surface area contributed by atoms with Gasteiger partial charge in [0.15, 0.2) is 0 Å². The van der Waals surface area contributed by atoms with Gasteiger partial charge in [0.25, 0.3) is 0 Å². The molecule has 1 amide bonds. The first-order valence-electron chi connectivity index (χ1n) is 5.38. The second kappa shape index (κ2) is 4.67. The van der Waals surface area contributed by atoms with Crippen molar-refractivity contribution < 1.29 is 9.18 Å². The number of pyridine rings is 1. The summed E-state index contributed by atoms with van der Waals surface area (Å²) < 4.78 is 13.5. The highest BCUT2D eigenvalue weighted by atomic mass is 19.1. The molecule has 1 aliphatic rings. The molecular formula is C11H14FN4O. The summed E-state index contributed by atoms with van der Waals surface area (Å²) in [6, 6.07) is 2.85. The van der Waals surface area contributed by atoms with Gasteiger partial charge in [0.2, 0.25) is 5.91 Å². The van der Waals surface area contributed by atoms with E-state index < -0.39 is 24.2 Å². The van der Waals surface area contributed by atoms with Crippen LogP contribution in [0, 0.1) is 6.07 Å². The fourth-order valence-electron chi connectivity index (χ4n) is 2.10. The molecule has 3 atom stereocenters. The molecule has 0 spiro atoms. The van der Waals surface area contributed by atoms with Gasteiger partial charge in [-0.2, -0.15) is 0 Å². The van der Waals surface area contributed by atoms with Gasteiger partial charge in [0.1, 0.15) is 12.2 Å². The van der Waals surface area contributed by atoms with Crippen molar-refractivity contribution in [3.63, 3.8) is 0 Å². The van der Waals surface area contributed by atoms with Crippen LogP contribution < -0.4 is 16.4 Å². The zero-order valence-corrected chi connectivity index (χ0v) is 9.21. The first-order chi connectivity index (χ1) is 8.11. The van der Waals surface area contributed by atoms with Gasteiger partial charge in [-0.3, -0.25) is 9.78 Å². The molecule has 1 saturated heterocycles. The quantitative estimate of drug-likeness (QED) is 0.733. The zero-order valence-electron chi connectivity index (χ0n) is 9.21. The van der Waals surface area contributed by atoms with Crippen LogP contribution >= 0.6 is 0 Å². The molecule has 5 nitrogen and oxygen atoms in total. The van der Waals surface area contributed by atoms with E-state index in [2.05, 4.69) is 11.1 Å². The Balaban J connectivity index is 2.29. The second-order valence-electron chi connectivity index (χ2n) is 4.05. The van der Waals surface area contributed by atoms with Crippen molar-refractivity contribution in [1.29, 1.82) is 0 Å². The van der Waals surface area contributed by atoms with Crippen LogP contribution in [0.2, 0.25) is 0 Å². The zero-order chi connectivity index (χ0) is 12.4. The topological polar surface area (TPSA) is 85.2 Å². The lowest BCUT2D eigenvalue weighted by atomic mass is 9.94. The van der Waals surface area contributed by atoms with E-state index in [0.29, 0.717) is 12.2 Å². The maximum Gasteiger partial charge on any atom is 0.241 e. The smallest absolute Gasteiger partial charge is 0.241 e. The first kappa shape index (κ1) is 11.8. The van der Waals surface area contributed by atoms with Gasteiger partial charge in [0, 0.05) is 30.7 Å². The summed E-state index contributed by atoms with van der Waals surface area (Å²) in [4.78, 5) is 16.9. The van der Waals surface area contributed by atoms with Gasteiger partial charge < -0.3 is 16.4 Å². The van der Waals surface area contributed by atoms with Gasteiger partial charge >= 0.3 is 0 Å². The Morgan fingerprint density at radius 2 is 2.41 bits per heavy atom. The monoisotopic (exact) mass is 237 g/mol. The highest BCUT2D eigenvalue weighted by Gasteiger charge is 2.39. The number of carbonyl (C=O) groups excluding carboxylic acids is 1. The lowest BCUT2D eigenvalue weighted by Crippen LogP contribution is -2.62. The molecule has 17 heavy (non-hydrogen) atoms. The van der Waals surface area contributed by atoms with Crippen LogP contribution in [0.25, 0.3) is 0 Å². The molecule has 4 N–H and O–H groups in total. The molecule has 1 aromatic heterocycles. The average molecular weight is 237 g/mol. The molecule has 1 aliphatic heterocycles. The normalized spacial score (nSPS) is 29.1. The van der Waals surface area contributed by atoms with Crippen molar-refractivity contribution in [2.45, 2.75) is 24.7 Å². The maximum absolute atomic E-state index is 13.5. The number of primary amides is 1. The van der Waals surface area contributed by atoms with Crippen molar-refractivity contribution in [2.24, 2.45) is 11.5 Å². The van der Waals surface area contributed by atoms with Gasteiger partial charge in [0.05, 0.1) is 6.04 Å². The third kappa shape index (κ3) is 2.21. The first-order valence-corrected chi connectivity index (χ1v) is 5.38. The van der Waals surface area contributed by atoms with Crippen LogP contribution in [0.15, 0.2) is 18.5 Å². The molecule has 91 valence electrons. The summed E-state index contributed by atoms with van der Waals surface area (Å²) in [6.45, 7) is 0.392. The van der Waals surface area contributed by atoms with Crippen molar-refractivity contribution in [2.75, 3.05) is 11.4 Å². The largest absolute Gasteiger partial charge is 0.368 e. The van der Waals surface area contributed by atoms with Gasteiger partial charge in [-0.05, 0) is 12.5 Å². The highest BCUT2D eigenvalue weighted by molar-refractivity contribution is 5.85. The molecule has 3 unspecified atom stereocenters. The third-order valence-corrected chi connectivity index (χ3v) is 2.97. The molecule has 1 fully saturated rings. The molecular weight excluding hydrogens is 223 g/mol. The van der Waals surface area contributed by atoms with E-state index in [0.717, 1.165) is 0 Å². The summed E-state index contributed by atoms with van der Waals surface area (Å²) in [6.07, 6.45) is 2.14. The lowest BCUT2D eigenvalue weighted by molar-refractivity contribution is -0.120. The van der Waals surface area contributed by atoms with Crippen molar-refractivity contribution in [3.05, 3.63) is 24.5 Å². The molecule has 0 saturated carbocycles. The van der Waals surface area contributed by atoms with E-state index in [4.69, 9.17) is 11.5 Å². The summed E-state index contributed by atoms with van der Waals surface area (Å²) in [5.41, 5.74) is 11.7. The minimum absolute atomic E-state index is 0.279. The number of nitrogens with zero attached hydrogens (tertiary/aromatic N) is 2. The summed E-state index contributed by atoms with van der Waals surface area (Å²) in [5.74, 6) is -0.620. The Hall–Kier alpha value is -1.69. The Labute approximate surface area is 98.6 Å². The van der Waals surface area contributed by atoms with E-state index in [1.165, 1.54) is 6.20 Å². The highest BCUT2D eigenvalue weighted by Crippen LogP contribution is 2.24. The van der Waals surface area contributed by atoms with Gasteiger partial charge in [-0.25, -0.2) is 4.39 Å². The molecule has 1 radical (unpaired) electrons. The van der Waals surface area contributed by atoms with Crippen LogP contribution in [-0.4, -0.2) is 35.7 Å². The van der Waals surface area contributed by atoms with Crippen molar-refractivity contribution in [1.82, 2.24) is 4.98 Å². The van der Waals surface area contributed by atoms with E-state index in [1.807, 2.05) is 0 Å². The number of aromatic nitrogens is 1. The van der Waals surface area contributed by atoms with Crippen LogP contribution in [-0.2, 0) is 4.79 Å². The standard InChI is InChI=1S/C11H14FN4O/c12-8-3-6-16(7-1-4-15-5-2-7)10(9(8)13)11(14)17/h1,4-5,8-10H,3,6,13H2,(H2,14,17). The van der Waals surface area contributed by atoms with E-state index in [9.17, 15) is 9.18 Å². The number of halogens is 1. The molecule has 0 aromatic carbocycles. The van der Waals surface area contributed by atoms with Crippen LogP contribution in [0.1, 0.15) is 6.42 Å². The van der Waals surface area contributed by atoms with E-state index in [-0.39, 0.29) is 6.42 Å². The fourth-order valence-corrected chi connectivity index (χ4v) is 2.10. The molecule has 0 bridgehead atoms. The molecule has 2 rings (SSSR count). The maximum atomic E-state index is 13.5. The Morgan fingerprint density at radius 1 is 1.65 bits per heavy atom. The van der Waals surface area contributed by atoms with Crippen molar-refractivity contribution in [3.8, 4) is 0 Å². The van der Waals surface area contributed by atoms with Gasteiger partial charge in [-0.1, -0.05) is 0 Å². The number of piperidine rings is 1. The number of hydrogen-bond acceptors (Lipinski definition) is 4. The molecule has 6 heteroatoms. The minimum Gasteiger partial charge on any atom is -0.368 e. The van der Waals surface area contributed by atoms with Crippen LogP contribution in [0.3, 0.4) is 0 Å². The van der Waals surface area contributed by atoms with Crippen molar-refractivity contribution >= 4 is 11.6 Å². The summed E-state index contributed by atoms with van der Waals surface area (Å²) in [7, 11) is 0. The van der Waals surface area contributed by atoms with E-state index in [1.54, 1.807) is 17.2 Å². The number of hydrogen-bond donors (Lipinski definition) is 2. The van der Waals surface area contributed by atoms with Crippen LogP contribution in [0.5, 0.6) is 0 Å². The second-order valence-corrected chi connectivity index (χ2v) is 4.05. The SMILES string of the molecule is NC(=O)C1C(N)C(F)CCN1c1[c]cncc1. The molecule has 1 aromatic rings.